The van der Waals surface area contributed by atoms with E-state index in [9.17, 15) is 5.26 Å². The van der Waals surface area contributed by atoms with Crippen molar-refractivity contribution in [3.63, 3.8) is 0 Å². The van der Waals surface area contributed by atoms with Crippen LogP contribution in [0, 0.1) is 23.3 Å². The number of guanidine groups is 1. The highest BCUT2D eigenvalue weighted by molar-refractivity contribution is 6.76. The fraction of sp³-hybridized carbons (Fsp3) is 0.682. The third-order valence-corrected chi connectivity index (χ3v) is 15.1. The lowest BCUT2D eigenvalue weighted by molar-refractivity contribution is -0.188. The summed E-state index contributed by atoms with van der Waals surface area (Å²) in [5.74, 6) is 1.85. The molecule has 2 aromatic rings. The molecule has 0 aromatic heterocycles. The molecule has 0 spiro atoms. The van der Waals surface area contributed by atoms with E-state index in [1.807, 2.05) is 0 Å². The molecule has 0 amide bonds. The van der Waals surface area contributed by atoms with E-state index in [4.69, 9.17) is 23.9 Å². The van der Waals surface area contributed by atoms with Gasteiger partial charge in [0.25, 0.3) is 0 Å². The lowest BCUT2D eigenvalue weighted by Gasteiger charge is -2.40. The Hall–Kier alpha value is -2.53. The molecular formula is C44H70N4O4Si2. The first-order valence-electron chi connectivity index (χ1n) is 21.0. The molecule has 4 atom stereocenters. The largest absolute Gasteiger partial charge is 0.356 e. The van der Waals surface area contributed by atoms with Gasteiger partial charge in [0.1, 0.15) is 25.8 Å². The molecule has 8 nitrogen and oxygen atoms in total. The van der Waals surface area contributed by atoms with E-state index < -0.39 is 16.1 Å². The Balaban J connectivity index is 1.62. The third kappa shape index (κ3) is 13.6. The van der Waals surface area contributed by atoms with Crippen LogP contribution in [0.1, 0.15) is 62.5 Å². The van der Waals surface area contributed by atoms with E-state index in [0.29, 0.717) is 25.0 Å². The number of benzene rings is 2. The summed E-state index contributed by atoms with van der Waals surface area (Å²) in [6.45, 7) is 17.7. The summed E-state index contributed by atoms with van der Waals surface area (Å²) < 4.78 is 26.9. The Morgan fingerprint density at radius 3 is 1.37 bits per heavy atom. The van der Waals surface area contributed by atoms with Crippen molar-refractivity contribution in [2.45, 2.75) is 140 Å². The summed E-state index contributed by atoms with van der Waals surface area (Å²) in [6, 6.07) is 23.4. The molecule has 1 saturated heterocycles. The number of aliphatic imine (C=N–C) groups is 1. The van der Waals surface area contributed by atoms with Gasteiger partial charge in [0, 0.05) is 42.5 Å². The van der Waals surface area contributed by atoms with Gasteiger partial charge in [-0.3, -0.25) is 0 Å². The number of hydrogen-bond donors (Lipinski definition) is 0. The second kappa shape index (κ2) is 21.1. The van der Waals surface area contributed by atoms with Crippen molar-refractivity contribution < 1.29 is 18.9 Å². The predicted octanol–water partition coefficient (Wildman–Crippen LogP) is 9.44. The van der Waals surface area contributed by atoms with Gasteiger partial charge in [-0.1, -0.05) is 126 Å². The maximum Gasteiger partial charge on any atom is 0.213 e. The summed E-state index contributed by atoms with van der Waals surface area (Å²) in [6.07, 6.45) is 12.8. The van der Waals surface area contributed by atoms with Crippen LogP contribution in [0.5, 0.6) is 0 Å². The molecular weight excluding hydrogens is 705 g/mol. The maximum atomic E-state index is 10.5. The highest BCUT2D eigenvalue weighted by Gasteiger charge is 2.49. The first kappa shape index (κ1) is 42.6. The molecule has 1 aliphatic heterocycles. The van der Waals surface area contributed by atoms with E-state index in [1.54, 1.807) is 0 Å². The molecule has 5 rings (SSSR count). The van der Waals surface area contributed by atoms with Crippen molar-refractivity contribution in [2.75, 3.05) is 39.9 Å². The Morgan fingerprint density at radius 1 is 0.630 bits per heavy atom. The van der Waals surface area contributed by atoms with Crippen LogP contribution in [0.3, 0.4) is 0 Å². The van der Waals surface area contributed by atoms with Crippen LogP contribution in [0.25, 0.3) is 0 Å². The van der Waals surface area contributed by atoms with Crippen molar-refractivity contribution in [3.8, 4) is 6.19 Å². The molecule has 3 fully saturated rings. The Labute approximate surface area is 329 Å². The van der Waals surface area contributed by atoms with E-state index in [2.05, 4.69) is 116 Å². The van der Waals surface area contributed by atoms with Crippen molar-refractivity contribution in [1.29, 1.82) is 5.26 Å². The molecule has 0 N–H and O–H groups in total. The van der Waals surface area contributed by atoms with Crippen LogP contribution in [-0.2, 0) is 31.8 Å². The standard InChI is InChI=1S/C44H70N4O4Si2/c1-53(2,3)27-25-49-34-51-42-40(29-36-17-9-7-10-18-36)47(31-38-21-13-14-22-38)44(46-33-45)48(32-39-23-15-16-24-39)41(30-37-19-11-8-12-20-37)43(42)52-35-50-26-28-54(4,5)6/h7-12,17-20,38-43H,13-16,21-32,34-35H2,1-6H3/t40-,41-,42+,43+/m1/s1. The smallest absolute Gasteiger partial charge is 0.213 e. The molecule has 0 bridgehead atoms. The lowest BCUT2D eigenvalue weighted by atomic mass is 9.90. The minimum Gasteiger partial charge on any atom is -0.356 e. The van der Waals surface area contributed by atoms with Crippen LogP contribution in [-0.4, -0.2) is 96.1 Å². The molecule has 2 aliphatic carbocycles. The minimum atomic E-state index is -1.28. The first-order chi connectivity index (χ1) is 26.0. The Bertz CT molecular complexity index is 1330. The van der Waals surface area contributed by atoms with E-state index in [-0.39, 0.29) is 37.9 Å². The van der Waals surface area contributed by atoms with Gasteiger partial charge < -0.3 is 28.7 Å². The number of rotatable bonds is 20. The molecule has 0 unspecified atom stereocenters. The molecule has 298 valence electrons. The fourth-order valence-electron chi connectivity index (χ4n) is 8.51. The molecule has 0 radical (unpaired) electrons. The normalized spacial score (nSPS) is 23.2. The average Bonchev–Trinajstić information content (AvgIpc) is 3.85. The van der Waals surface area contributed by atoms with Gasteiger partial charge in [-0.15, -0.1) is 4.99 Å². The molecule has 2 aromatic carbocycles. The van der Waals surface area contributed by atoms with Gasteiger partial charge >= 0.3 is 0 Å². The summed E-state index contributed by atoms with van der Waals surface area (Å²) in [4.78, 5) is 9.80. The number of nitrogens with zero attached hydrogens (tertiary/aromatic N) is 4. The summed E-state index contributed by atoms with van der Waals surface area (Å²) in [7, 11) is -2.57. The topological polar surface area (TPSA) is 79.5 Å². The number of ether oxygens (including phenoxy) is 4. The van der Waals surface area contributed by atoms with Crippen molar-refractivity contribution in [2.24, 2.45) is 16.8 Å². The van der Waals surface area contributed by atoms with Gasteiger partial charge in [0.2, 0.25) is 12.2 Å². The number of nitriles is 1. The van der Waals surface area contributed by atoms with Crippen molar-refractivity contribution in [1.82, 2.24) is 9.80 Å². The van der Waals surface area contributed by atoms with E-state index in [1.165, 1.54) is 62.5 Å². The van der Waals surface area contributed by atoms with Crippen LogP contribution < -0.4 is 0 Å². The van der Waals surface area contributed by atoms with Gasteiger partial charge in [-0.05, 0) is 73.6 Å². The van der Waals surface area contributed by atoms with Gasteiger partial charge in [0.05, 0.1) is 12.1 Å². The monoisotopic (exact) mass is 774 g/mol. The minimum absolute atomic E-state index is 0.139. The lowest BCUT2D eigenvalue weighted by Crippen LogP contribution is -2.54. The zero-order valence-corrected chi connectivity index (χ0v) is 36.4. The molecule has 10 heteroatoms. The quantitative estimate of drug-likeness (QED) is 0.0574. The van der Waals surface area contributed by atoms with Gasteiger partial charge in [0.15, 0.2) is 0 Å². The second-order valence-corrected chi connectivity index (χ2v) is 29.8. The van der Waals surface area contributed by atoms with E-state index in [0.717, 1.165) is 44.0 Å². The first-order valence-corrected chi connectivity index (χ1v) is 28.4. The maximum absolute atomic E-state index is 10.5. The second-order valence-electron chi connectivity index (χ2n) is 18.6. The van der Waals surface area contributed by atoms with Crippen LogP contribution >= 0.6 is 0 Å². The fourth-order valence-corrected chi connectivity index (χ4v) is 10.0. The van der Waals surface area contributed by atoms with Gasteiger partial charge in [-0.2, -0.15) is 5.26 Å². The zero-order chi connectivity index (χ0) is 38.4. The predicted molar refractivity (Wildman–Crippen MR) is 226 cm³/mol. The molecule has 2 saturated carbocycles. The SMILES string of the molecule is C[Si](C)(C)CCOCO[C@@H]1[C@@H](OCOCC[Si](C)(C)C)[C@@H](Cc2ccccc2)N(CC2CCCC2)C(=NC#N)N(CC2CCCC2)[C@@H]1Cc1ccccc1. The van der Waals surface area contributed by atoms with E-state index >= 15 is 0 Å². The molecule has 1 heterocycles. The molecule has 3 aliphatic rings. The van der Waals surface area contributed by atoms with Crippen molar-refractivity contribution in [3.05, 3.63) is 71.8 Å². The van der Waals surface area contributed by atoms with Crippen LogP contribution in [0.2, 0.25) is 51.4 Å². The van der Waals surface area contributed by atoms with Crippen LogP contribution in [0.15, 0.2) is 65.7 Å². The Kier molecular flexibility index (Phi) is 16.7. The summed E-state index contributed by atoms with van der Waals surface area (Å²) in [5, 5.41) is 10.5. The summed E-state index contributed by atoms with van der Waals surface area (Å²) in [5.41, 5.74) is 2.47. The highest BCUT2D eigenvalue weighted by atomic mass is 28.3. The van der Waals surface area contributed by atoms with Crippen LogP contribution in [0.4, 0.5) is 0 Å². The van der Waals surface area contributed by atoms with Gasteiger partial charge in [-0.25, -0.2) is 0 Å². The third-order valence-electron chi connectivity index (χ3n) is 11.7. The zero-order valence-electron chi connectivity index (χ0n) is 34.4. The molecule has 54 heavy (non-hydrogen) atoms. The highest BCUT2D eigenvalue weighted by Crippen LogP contribution is 2.36. The Morgan fingerprint density at radius 2 is 1.02 bits per heavy atom. The summed E-state index contributed by atoms with van der Waals surface area (Å²) >= 11 is 0. The number of hydrogen-bond acceptors (Lipinski definition) is 6. The average molecular weight is 775 g/mol. The van der Waals surface area contributed by atoms with Crippen molar-refractivity contribution >= 4 is 22.1 Å².